The normalized spacial score (nSPS) is 18.3. The molecule has 0 spiro atoms. The minimum absolute atomic E-state index is 0.0180. The van der Waals surface area contributed by atoms with Crippen molar-refractivity contribution in [3.63, 3.8) is 0 Å². The predicted molar refractivity (Wildman–Crippen MR) is 139 cm³/mol. The summed E-state index contributed by atoms with van der Waals surface area (Å²) in [5.74, 6) is -0.149. The quantitative estimate of drug-likeness (QED) is 0.426. The van der Waals surface area contributed by atoms with Gasteiger partial charge >= 0.3 is 12.1 Å². The average molecular weight is 504 g/mol. The summed E-state index contributed by atoms with van der Waals surface area (Å²) in [6.45, 7) is 1.20. The third-order valence-corrected chi connectivity index (χ3v) is 5.97. The van der Waals surface area contributed by atoms with Crippen molar-refractivity contribution in [2.45, 2.75) is 25.0 Å². The van der Waals surface area contributed by atoms with Crippen LogP contribution in [0, 0.1) is 0 Å². The molecule has 8 heteroatoms. The SMILES string of the molecule is CCOC(=O)COc1cccc2c1C=CCC(O)(COC(=O)N(c1ccccc1)c1ccccc1)C2O. The maximum Gasteiger partial charge on any atom is 0.419 e. The lowest BCUT2D eigenvalue weighted by Gasteiger charge is -2.32. The maximum absolute atomic E-state index is 13.3. The monoisotopic (exact) mass is 503 g/mol. The number of anilines is 2. The zero-order chi connectivity index (χ0) is 26.3. The van der Waals surface area contributed by atoms with Gasteiger partial charge in [-0.25, -0.2) is 14.5 Å². The van der Waals surface area contributed by atoms with Gasteiger partial charge < -0.3 is 24.4 Å². The first kappa shape index (κ1) is 25.9. The Labute approximate surface area is 215 Å². The van der Waals surface area contributed by atoms with E-state index < -0.39 is 30.4 Å². The molecule has 4 rings (SSSR count). The molecule has 2 atom stereocenters. The highest BCUT2D eigenvalue weighted by molar-refractivity contribution is 5.95. The average Bonchev–Trinajstić information content (AvgIpc) is 3.04. The Morgan fingerprint density at radius 3 is 2.22 bits per heavy atom. The third-order valence-electron chi connectivity index (χ3n) is 5.97. The fraction of sp³-hybridized carbons (Fsp3) is 0.241. The molecular weight excluding hydrogens is 474 g/mol. The van der Waals surface area contributed by atoms with Crippen LogP contribution < -0.4 is 9.64 Å². The van der Waals surface area contributed by atoms with E-state index in [0.717, 1.165) is 0 Å². The van der Waals surface area contributed by atoms with E-state index in [-0.39, 0.29) is 19.6 Å². The van der Waals surface area contributed by atoms with Crippen molar-refractivity contribution in [2.24, 2.45) is 0 Å². The molecule has 2 N–H and O–H groups in total. The minimum atomic E-state index is -1.80. The number of amides is 1. The van der Waals surface area contributed by atoms with Gasteiger partial charge in [0.1, 0.15) is 24.1 Å². The van der Waals surface area contributed by atoms with Crippen molar-refractivity contribution in [1.29, 1.82) is 0 Å². The summed E-state index contributed by atoms with van der Waals surface area (Å²) in [7, 11) is 0. The van der Waals surface area contributed by atoms with Crippen LogP contribution in [0.4, 0.5) is 16.2 Å². The summed E-state index contributed by atoms with van der Waals surface area (Å²) in [6.07, 6.45) is 1.31. The number of aliphatic hydroxyl groups is 2. The van der Waals surface area contributed by atoms with Gasteiger partial charge in [-0.2, -0.15) is 0 Å². The van der Waals surface area contributed by atoms with Crippen molar-refractivity contribution in [1.82, 2.24) is 0 Å². The molecule has 3 aromatic rings. The van der Waals surface area contributed by atoms with E-state index >= 15 is 0 Å². The number of rotatable bonds is 8. The Bertz CT molecular complexity index is 1210. The standard InChI is InChI=1S/C29H29NO7/c1-2-35-26(31)19-36-25-17-9-15-24-23(25)16-10-18-29(34,27(24)32)20-37-28(33)30(21-11-5-3-6-12-21)22-13-7-4-8-14-22/h3-17,27,32,34H,2,18-20H2,1H3. The maximum atomic E-state index is 13.3. The lowest BCUT2D eigenvalue weighted by molar-refractivity contribution is -0.145. The molecule has 8 nitrogen and oxygen atoms in total. The number of esters is 1. The van der Waals surface area contributed by atoms with Crippen LogP contribution in [0.5, 0.6) is 5.75 Å². The summed E-state index contributed by atoms with van der Waals surface area (Å²) in [5, 5.41) is 22.6. The van der Waals surface area contributed by atoms with E-state index in [2.05, 4.69) is 0 Å². The van der Waals surface area contributed by atoms with Gasteiger partial charge in [0.25, 0.3) is 0 Å². The van der Waals surface area contributed by atoms with Gasteiger partial charge in [0.2, 0.25) is 0 Å². The lowest BCUT2D eigenvalue weighted by atomic mass is 9.89. The van der Waals surface area contributed by atoms with E-state index in [9.17, 15) is 19.8 Å². The number of fused-ring (bicyclic) bond motifs is 1. The molecule has 0 saturated heterocycles. The number of para-hydroxylation sites is 2. The molecule has 2 unspecified atom stereocenters. The van der Waals surface area contributed by atoms with Crippen LogP contribution in [0.2, 0.25) is 0 Å². The number of carbonyl (C=O) groups is 2. The second-order valence-corrected chi connectivity index (χ2v) is 8.53. The molecule has 0 heterocycles. The van der Waals surface area contributed by atoms with Crippen LogP contribution in [0.3, 0.4) is 0 Å². The largest absolute Gasteiger partial charge is 0.481 e. The highest BCUT2D eigenvalue weighted by Gasteiger charge is 2.40. The number of benzene rings is 3. The Balaban J connectivity index is 1.53. The molecule has 1 aliphatic rings. The Morgan fingerprint density at radius 2 is 1.59 bits per heavy atom. The first-order valence-electron chi connectivity index (χ1n) is 12.0. The Hall–Kier alpha value is -4.14. The fourth-order valence-corrected chi connectivity index (χ4v) is 4.13. The van der Waals surface area contributed by atoms with Crippen LogP contribution in [-0.4, -0.2) is 47.7 Å². The first-order chi connectivity index (χ1) is 17.9. The molecule has 0 saturated carbocycles. The number of hydrogen-bond donors (Lipinski definition) is 2. The second kappa shape index (κ2) is 11.7. The van der Waals surface area contributed by atoms with Crippen LogP contribution in [0.25, 0.3) is 6.08 Å². The summed E-state index contributed by atoms with van der Waals surface area (Å²) in [6, 6.07) is 23.0. The second-order valence-electron chi connectivity index (χ2n) is 8.53. The van der Waals surface area contributed by atoms with Crippen molar-refractivity contribution >= 4 is 29.5 Å². The molecule has 0 aliphatic heterocycles. The number of aliphatic hydroxyl groups excluding tert-OH is 1. The molecule has 0 bridgehead atoms. The summed E-state index contributed by atoms with van der Waals surface area (Å²) >= 11 is 0. The summed E-state index contributed by atoms with van der Waals surface area (Å²) in [4.78, 5) is 26.4. The van der Waals surface area contributed by atoms with Gasteiger partial charge in [-0.15, -0.1) is 0 Å². The van der Waals surface area contributed by atoms with Gasteiger partial charge in [-0.1, -0.05) is 60.7 Å². The zero-order valence-electron chi connectivity index (χ0n) is 20.4. The van der Waals surface area contributed by atoms with Gasteiger partial charge in [0.15, 0.2) is 6.61 Å². The van der Waals surface area contributed by atoms with Crippen LogP contribution in [0.1, 0.15) is 30.6 Å². The molecule has 1 aliphatic carbocycles. The molecular formula is C29H29NO7. The fourth-order valence-electron chi connectivity index (χ4n) is 4.13. The molecule has 0 aromatic heterocycles. The number of carbonyl (C=O) groups excluding carboxylic acids is 2. The Kier molecular flexibility index (Phi) is 8.22. The van der Waals surface area contributed by atoms with Gasteiger partial charge in [-0.3, -0.25) is 0 Å². The molecule has 0 radical (unpaired) electrons. The van der Waals surface area contributed by atoms with Crippen LogP contribution >= 0.6 is 0 Å². The first-order valence-corrected chi connectivity index (χ1v) is 12.0. The van der Waals surface area contributed by atoms with Crippen molar-refractivity contribution in [3.8, 4) is 5.75 Å². The van der Waals surface area contributed by atoms with Crippen molar-refractivity contribution < 1.29 is 34.0 Å². The van der Waals surface area contributed by atoms with Crippen LogP contribution in [-0.2, 0) is 14.3 Å². The van der Waals surface area contributed by atoms with E-state index in [1.54, 1.807) is 61.5 Å². The molecule has 3 aromatic carbocycles. The predicted octanol–water partition coefficient (Wildman–Crippen LogP) is 4.78. The van der Waals surface area contributed by atoms with Gasteiger partial charge in [0, 0.05) is 12.0 Å². The number of hydrogen-bond acceptors (Lipinski definition) is 7. The van der Waals surface area contributed by atoms with Gasteiger partial charge in [0.05, 0.1) is 18.0 Å². The smallest absolute Gasteiger partial charge is 0.419 e. The van der Waals surface area contributed by atoms with Crippen molar-refractivity contribution in [2.75, 3.05) is 24.7 Å². The van der Waals surface area contributed by atoms with Crippen LogP contribution in [0.15, 0.2) is 84.9 Å². The van der Waals surface area contributed by atoms with Gasteiger partial charge in [-0.05, 0) is 42.8 Å². The van der Waals surface area contributed by atoms with E-state index in [1.165, 1.54) is 4.90 Å². The highest BCUT2D eigenvalue weighted by Crippen LogP contribution is 2.39. The molecule has 192 valence electrons. The summed E-state index contributed by atoms with van der Waals surface area (Å²) in [5.41, 5.74) is 0.311. The number of nitrogens with zero attached hydrogens (tertiary/aromatic N) is 1. The molecule has 0 fully saturated rings. The topological polar surface area (TPSA) is 106 Å². The van der Waals surface area contributed by atoms with Crippen molar-refractivity contribution in [3.05, 3.63) is 96.1 Å². The Morgan fingerprint density at radius 1 is 0.946 bits per heavy atom. The number of ether oxygens (including phenoxy) is 3. The third kappa shape index (κ3) is 5.99. The van der Waals surface area contributed by atoms with E-state index in [0.29, 0.717) is 28.3 Å². The van der Waals surface area contributed by atoms with E-state index in [1.807, 2.05) is 36.4 Å². The van der Waals surface area contributed by atoms with E-state index in [4.69, 9.17) is 14.2 Å². The minimum Gasteiger partial charge on any atom is -0.481 e. The molecule has 1 amide bonds. The molecule has 37 heavy (non-hydrogen) atoms. The summed E-state index contributed by atoms with van der Waals surface area (Å²) < 4.78 is 16.1. The highest BCUT2D eigenvalue weighted by atomic mass is 16.6. The lowest BCUT2D eigenvalue weighted by Crippen LogP contribution is -2.42. The zero-order valence-corrected chi connectivity index (χ0v) is 20.4.